The maximum atomic E-state index is 14.1. The predicted molar refractivity (Wildman–Crippen MR) is 129 cm³/mol. The summed E-state index contributed by atoms with van der Waals surface area (Å²) in [5.41, 5.74) is 1.19. The number of benzene rings is 3. The fourth-order valence-corrected chi connectivity index (χ4v) is 6.83. The molecule has 0 spiro atoms. The average molecular weight is 546 g/mol. The zero-order valence-corrected chi connectivity index (χ0v) is 20.4. The van der Waals surface area contributed by atoms with Crippen molar-refractivity contribution < 1.29 is 18.3 Å². The standard InChI is InChI=1S/C23H20BrN3O6S/c1-15(17-6-4-7-18(24)13-17)25(21-11-9-16-5-2-3-8-20(16)21)34(32,33)23-12-10-19(26(28)29)14-22(23)27(30)31/h2-8,10,12-15,21H,9,11H2,1H3/t15-,21-/m0/s1. The highest BCUT2D eigenvalue weighted by atomic mass is 79.9. The number of nitro benzene ring substituents is 2. The Balaban J connectivity index is 1.92. The Bertz CT molecular complexity index is 1390. The molecule has 0 aliphatic heterocycles. The Morgan fingerprint density at radius 3 is 2.41 bits per heavy atom. The third kappa shape index (κ3) is 4.33. The lowest BCUT2D eigenvalue weighted by Crippen LogP contribution is -2.36. The van der Waals surface area contributed by atoms with E-state index in [0.717, 1.165) is 27.7 Å². The summed E-state index contributed by atoms with van der Waals surface area (Å²) in [7, 11) is -4.45. The van der Waals surface area contributed by atoms with Crippen LogP contribution in [0.4, 0.5) is 11.4 Å². The third-order valence-corrected chi connectivity index (χ3v) is 8.55. The summed E-state index contributed by atoms with van der Waals surface area (Å²) < 4.78 is 30.2. The van der Waals surface area contributed by atoms with E-state index in [1.165, 1.54) is 4.31 Å². The molecule has 0 radical (unpaired) electrons. The Labute approximate surface area is 204 Å². The number of rotatable bonds is 7. The molecule has 4 rings (SSSR count). The predicted octanol–water partition coefficient (Wildman–Crippen LogP) is 5.70. The van der Waals surface area contributed by atoms with Crippen LogP contribution >= 0.6 is 15.9 Å². The number of hydrogen-bond acceptors (Lipinski definition) is 6. The van der Waals surface area contributed by atoms with E-state index >= 15 is 0 Å². The van der Waals surface area contributed by atoms with Gasteiger partial charge in [-0.3, -0.25) is 20.2 Å². The molecule has 0 fully saturated rings. The Morgan fingerprint density at radius 1 is 1.00 bits per heavy atom. The van der Waals surface area contributed by atoms with Crippen molar-refractivity contribution in [1.82, 2.24) is 4.31 Å². The summed E-state index contributed by atoms with van der Waals surface area (Å²) in [6.45, 7) is 1.73. The average Bonchev–Trinajstić information content (AvgIpc) is 3.22. The largest absolute Gasteiger partial charge is 0.296 e. The van der Waals surface area contributed by atoms with Crippen LogP contribution in [0.25, 0.3) is 0 Å². The van der Waals surface area contributed by atoms with E-state index in [1.807, 2.05) is 30.3 Å². The zero-order chi connectivity index (χ0) is 24.6. The van der Waals surface area contributed by atoms with Crippen molar-refractivity contribution >= 4 is 37.3 Å². The molecule has 0 heterocycles. The molecule has 0 N–H and O–H groups in total. The number of halogens is 1. The van der Waals surface area contributed by atoms with Gasteiger partial charge >= 0.3 is 0 Å². The van der Waals surface area contributed by atoms with E-state index in [4.69, 9.17) is 0 Å². The summed E-state index contributed by atoms with van der Waals surface area (Å²) >= 11 is 3.42. The lowest BCUT2D eigenvalue weighted by atomic mass is 10.0. The summed E-state index contributed by atoms with van der Waals surface area (Å²) in [5, 5.41) is 22.9. The molecule has 34 heavy (non-hydrogen) atoms. The van der Waals surface area contributed by atoms with E-state index in [-0.39, 0.29) is 0 Å². The topological polar surface area (TPSA) is 124 Å². The minimum atomic E-state index is -4.45. The van der Waals surface area contributed by atoms with E-state index in [0.29, 0.717) is 24.5 Å². The molecule has 3 aromatic rings. The van der Waals surface area contributed by atoms with E-state index in [1.54, 1.807) is 25.1 Å². The molecule has 3 aromatic carbocycles. The molecule has 0 amide bonds. The van der Waals surface area contributed by atoms with Gasteiger partial charge in [-0.1, -0.05) is 52.3 Å². The first kappa shape index (κ1) is 24.0. The highest BCUT2D eigenvalue weighted by Crippen LogP contribution is 2.45. The summed E-state index contributed by atoms with van der Waals surface area (Å²) in [6.07, 6.45) is 1.18. The van der Waals surface area contributed by atoms with Gasteiger partial charge in [0.1, 0.15) is 0 Å². The highest BCUT2D eigenvalue weighted by molar-refractivity contribution is 9.10. The lowest BCUT2D eigenvalue weighted by Gasteiger charge is -2.34. The second-order valence-electron chi connectivity index (χ2n) is 7.99. The maximum Gasteiger partial charge on any atom is 0.296 e. The molecule has 0 bridgehead atoms. The first-order valence-electron chi connectivity index (χ1n) is 10.4. The molecule has 9 nitrogen and oxygen atoms in total. The minimum absolute atomic E-state index is 0.512. The number of sulfonamides is 1. The number of non-ortho nitro benzene ring substituents is 1. The van der Waals surface area contributed by atoms with E-state index in [2.05, 4.69) is 15.9 Å². The number of nitro groups is 2. The van der Waals surface area contributed by atoms with Crippen LogP contribution in [0.15, 0.2) is 76.1 Å². The molecule has 2 atom stereocenters. The van der Waals surface area contributed by atoms with Gasteiger partial charge in [-0.05, 0) is 54.7 Å². The summed E-state index contributed by atoms with van der Waals surface area (Å²) in [4.78, 5) is 20.7. The Hall–Kier alpha value is -3.15. The molecular weight excluding hydrogens is 526 g/mol. The van der Waals surface area contributed by atoms with Gasteiger partial charge in [0.2, 0.25) is 0 Å². The quantitative estimate of drug-likeness (QED) is 0.277. The molecule has 176 valence electrons. The van der Waals surface area contributed by atoms with Crippen molar-refractivity contribution in [1.29, 1.82) is 0 Å². The summed E-state index contributed by atoms with van der Waals surface area (Å²) in [5.74, 6) is 0. The Morgan fingerprint density at radius 2 is 1.74 bits per heavy atom. The molecule has 0 saturated carbocycles. The molecule has 11 heteroatoms. The summed E-state index contributed by atoms with van der Waals surface area (Å²) in [6, 6.07) is 16.1. The minimum Gasteiger partial charge on any atom is -0.258 e. The fraction of sp³-hybridized carbons (Fsp3) is 0.217. The second kappa shape index (κ2) is 9.24. The smallest absolute Gasteiger partial charge is 0.258 e. The van der Waals surface area contributed by atoms with Crippen LogP contribution in [0.1, 0.15) is 42.1 Å². The van der Waals surface area contributed by atoms with Crippen molar-refractivity contribution in [3.63, 3.8) is 0 Å². The number of fused-ring (bicyclic) bond motifs is 1. The van der Waals surface area contributed by atoms with Gasteiger partial charge in [-0.15, -0.1) is 0 Å². The number of nitrogens with zero attached hydrogens (tertiary/aromatic N) is 3. The van der Waals surface area contributed by atoms with Gasteiger partial charge in [0.25, 0.3) is 21.4 Å². The zero-order valence-electron chi connectivity index (χ0n) is 18.0. The van der Waals surface area contributed by atoms with Crippen molar-refractivity contribution in [2.75, 3.05) is 0 Å². The van der Waals surface area contributed by atoms with Crippen LogP contribution in [-0.4, -0.2) is 22.6 Å². The maximum absolute atomic E-state index is 14.1. The Kier molecular flexibility index (Phi) is 6.52. The molecular formula is C23H20BrN3O6S. The SMILES string of the molecule is C[C@@H](c1cccc(Br)c1)N([C@H]1CCc2ccccc21)S(=O)(=O)c1ccc([N+](=O)[O-])cc1[N+](=O)[O-]. The van der Waals surface area contributed by atoms with Crippen LogP contribution in [0.2, 0.25) is 0 Å². The van der Waals surface area contributed by atoms with Crippen LogP contribution in [0.3, 0.4) is 0 Å². The third-order valence-electron chi connectivity index (χ3n) is 6.03. The van der Waals surface area contributed by atoms with Gasteiger partial charge in [0.05, 0.1) is 22.0 Å². The van der Waals surface area contributed by atoms with Crippen LogP contribution in [0, 0.1) is 20.2 Å². The van der Waals surface area contributed by atoms with Crippen LogP contribution in [-0.2, 0) is 16.4 Å². The molecule has 1 aliphatic carbocycles. The number of hydrogen-bond donors (Lipinski definition) is 0. The molecule has 0 unspecified atom stereocenters. The first-order valence-corrected chi connectivity index (χ1v) is 12.6. The van der Waals surface area contributed by atoms with Gasteiger partial charge in [-0.25, -0.2) is 8.42 Å². The van der Waals surface area contributed by atoms with Crippen LogP contribution < -0.4 is 0 Å². The number of aryl methyl sites for hydroxylation is 1. The van der Waals surface area contributed by atoms with Crippen molar-refractivity contribution in [2.24, 2.45) is 0 Å². The molecule has 0 aromatic heterocycles. The molecule has 0 saturated heterocycles. The fourth-order valence-electron chi connectivity index (χ4n) is 4.45. The highest BCUT2D eigenvalue weighted by Gasteiger charge is 2.42. The van der Waals surface area contributed by atoms with Crippen molar-refractivity contribution in [2.45, 2.75) is 36.7 Å². The van der Waals surface area contributed by atoms with Crippen molar-refractivity contribution in [3.05, 3.63) is 108 Å². The van der Waals surface area contributed by atoms with Crippen LogP contribution in [0.5, 0.6) is 0 Å². The molecule has 1 aliphatic rings. The van der Waals surface area contributed by atoms with Gasteiger partial charge in [0, 0.05) is 16.6 Å². The first-order chi connectivity index (χ1) is 16.1. The lowest BCUT2D eigenvalue weighted by molar-refractivity contribution is -0.396. The van der Waals surface area contributed by atoms with E-state index in [9.17, 15) is 28.6 Å². The van der Waals surface area contributed by atoms with Gasteiger partial charge in [-0.2, -0.15) is 4.31 Å². The second-order valence-corrected chi connectivity index (χ2v) is 10.7. The van der Waals surface area contributed by atoms with Crippen molar-refractivity contribution in [3.8, 4) is 0 Å². The van der Waals surface area contributed by atoms with Gasteiger partial charge in [0.15, 0.2) is 4.90 Å². The monoisotopic (exact) mass is 545 g/mol. The normalized spacial score (nSPS) is 16.3. The van der Waals surface area contributed by atoms with E-state index < -0.39 is 48.2 Å². The van der Waals surface area contributed by atoms with Gasteiger partial charge < -0.3 is 0 Å².